The number of aromatic nitrogens is 2. The van der Waals surface area contributed by atoms with Gasteiger partial charge in [0.25, 0.3) is 0 Å². The number of furan rings is 1. The van der Waals surface area contributed by atoms with Crippen molar-refractivity contribution in [1.82, 2.24) is 9.55 Å². The molecule has 3 aromatic rings. The Balaban J connectivity index is 1.71. The molecule has 0 unspecified atom stereocenters. The zero-order valence-corrected chi connectivity index (χ0v) is 11.2. The highest BCUT2D eigenvalue weighted by molar-refractivity contribution is 5.78. The van der Waals surface area contributed by atoms with Crippen LogP contribution >= 0.6 is 0 Å². The Hall–Kier alpha value is -2.62. The average Bonchev–Trinajstić information content (AvgIpc) is 3.08. The highest BCUT2D eigenvalue weighted by Gasteiger charge is 2.03. The van der Waals surface area contributed by atoms with Gasteiger partial charge in [0.1, 0.15) is 17.3 Å². The Labute approximate surface area is 117 Å². The second-order valence-corrected chi connectivity index (χ2v) is 4.50. The molecule has 0 aliphatic heterocycles. The molecule has 0 amide bonds. The smallest absolute Gasteiger partial charge is 0.145 e. The quantitative estimate of drug-likeness (QED) is 0.677. The molecule has 20 heavy (non-hydrogen) atoms. The highest BCUT2D eigenvalue weighted by atomic mass is 16.3. The van der Waals surface area contributed by atoms with E-state index in [4.69, 9.17) is 4.42 Å². The maximum atomic E-state index is 5.74. The summed E-state index contributed by atoms with van der Waals surface area (Å²) in [5.41, 5.74) is 0.913. The van der Waals surface area contributed by atoms with Crippen LogP contribution in [0.4, 0.5) is 5.69 Å². The van der Waals surface area contributed by atoms with Crippen molar-refractivity contribution in [2.75, 3.05) is 0 Å². The molecule has 0 saturated heterocycles. The van der Waals surface area contributed by atoms with E-state index in [0.29, 0.717) is 6.54 Å². The van der Waals surface area contributed by atoms with Crippen LogP contribution in [0.25, 0.3) is 0 Å². The average molecular weight is 265 g/mol. The third-order valence-electron chi connectivity index (χ3n) is 3.03. The van der Waals surface area contributed by atoms with E-state index in [1.54, 1.807) is 12.4 Å². The van der Waals surface area contributed by atoms with E-state index in [-0.39, 0.29) is 0 Å². The monoisotopic (exact) mass is 265 g/mol. The number of imidazole rings is 1. The molecule has 0 radical (unpaired) electrons. The van der Waals surface area contributed by atoms with Gasteiger partial charge in [0.2, 0.25) is 0 Å². The minimum absolute atomic E-state index is 0.686. The van der Waals surface area contributed by atoms with E-state index in [0.717, 1.165) is 23.0 Å². The molecule has 2 aromatic heterocycles. The summed E-state index contributed by atoms with van der Waals surface area (Å²) in [4.78, 5) is 8.56. The second kappa shape index (κ2) is 5.57. The first-order valence-electron chi connectivity index (χ1n) is 6.47. The Morgan fingerprint density at radius 3 is 2.80 bits per heavy atom. The number of hydrogen-bond donors (Lipinski definition) is 0. The van der Waals surface area contributed by atoms with E-state index in [9.17, 15) is 0 Å². The van der Waals surface area contributed by atoms with Crippen molar-refractivity contribution in [2.45, 2.75) is 13.5 Å². The van der Waals surface area contributed by atoms with Gasteiger partial charge in [0.05, 0.1) is 18.4 Å². The molecule has 0 N–H and O–H groups in total. The number of aliphatic imine (C=N–C) groups is 1. The van der Waals surface area contributed by atoms with Crippen LogP contribution in [0.3, 0.4) is 0 Å². The fraction of sp³-hybridized carbons (Fsp3) is 0.125. The maximum Gasteiger partial charge on any atom is 0.145 e. The molecule has 0 bridgehead atoms. The second-order valence-electron chi connectivity index (χ2n) is 4.50. The molecule has 0 aliphatic rings. The van der Waals surface area contributed by atoms with Gasteiger partial charge in [0.15, 0.2) is 0 Å². The number of rotatable bonds is 4. The molecule has 4 heteroatoms. The van der Waals surface area contributed by atoms with Crippen molar-refractivity contribution in [3.8, 4) is 0 Å². The molecule has 0 spiro atoms. The summed E-state index contributed by atoms with van der Waals surface area (Å²) in [6.07, 6.45) is 5.46. The fourth-order valence-electron chi connectivity index (χ4n) is 1.94. The van der Waals surface area contributed by atoms with Gasteiger partial charge < -0.3 is 8.98 Å². The van der Waals surface area contributed by atoms with Crippen molar-refractivity contribution in [1.29, 1.82) is 0 Å². The van der Waals surface area contributed by atoms with Crippen molar-refractivity contribution in [2.24, 2.45) is 4.99 Å². The van der Waals surface area contributed by atoms with Gasteiger partial charge in [-0.1, -0.05) is 18.2 Å². The number of hydrogen-bond acceptors (Lipinski definition) is 3. The van der Waals surface area contributed by atoms with E-state index < -0.39 is 0 Å². The van der Waals surface area contributed by atoms with Gasteiger partial charge in [-0.25, -0.2) is 4.98 Å². The molecule has 0 fully saturated rings. The first-order chi connectivity index (χ1) is 9.81. The van der Waals surface area contributed by atoms with E-state index in [1.807, 2.05) is 60.2 Å². The number of para-hydroxylation sites is 1. The van der Waals surface area contributed by atoms with Gasteiger partial charge >= 0.3 is 0 Å². The van der Waals surface area contributed by atoms with E-state index in [2.05, 4.69) is 9.98 Å². The fourth-order valence-corrected chi connectivity index (χ4v) is 1.94. The van der Waals surface area contributed by atoms with Crippen LogP contribution in [0.1, 0.15) is 17.3 Å². The Morgan fingerprint density at radius 2 is 2.05 bits per heavy atom. The molecule has 2 heterocycles. The lowest BCUT2D eigenvalue weighted by Crippen LogP contribution is -1.99. The lowest BCUT2D eigenvalue weighted by Gasteiger charge is -2.00. The third kappa shape index (κ3) is 2.85. The van der Waals surface area contributed by atoms with Crippen molar-refractivity contribution in [3.63, 3.8) is 0 Å². The number of benzene rings is 1. The summed E-state index contributed by atoms with van der Waals surface area (Å²) in [5.74, 6) is 2.61. The van der Waals surface area contributed by atoms with Crippen LogP contribution in [0.15, 0.2) is 64.3 Å². The van der Waals surface area contributed by atoms with Gasteiger partial charge in [0, 0.05) is 12.4 Å². The van der Waals surface area contributed by atoms with Crippen LogP contribution < -0.4 is 0 Å². The van der Waals surface area contributed by atoms with Crippen LogP contribution in [0, 0.1) is 6.92 Å². The molecule has 100 valence electrons. The molecular formula is C16H15N3O. The number of nitrogens with zero attached hydrogens (tertiary/aromatic N) is 3. The molecule has 0 saturated carbocycles. The van der Waals surface area contributed by atoms with Crippen molar-refractivity contribution >= 4 is 11.9 Å². The molecule has 4 nitrogen and oxygen atoms in total. The molecule has 0 aliphatic carbocycles. The van der Waals surface area contributed by atoms with Crippen molar-refractivity contribution in [3.05, 3.63) is 72.2 Å². The van der Waals surface area contributed by atoms with E-state index in [1.165, 1.54) is 0 Å². The van der Waals surface area contributed by atoms with Gasteiger partial charge in [-0.3, -0.25) is 4.99 Å². The molecular weight excluding hydrogens is 250 g/mol. The maximum absolute atomic E-state index is 5.74. The number of aryl methyl sites for hydroxylation is 1. The topological polar surface area (TPSA) is 43.3 Å². The summed E-state index contributed by atoms with van der Waals surface area (Å²) in [6.45, 7) is 2.66. The Bertz CT molecular complexity index is 710. The van der Waals surface area contributed by atoms with Crippen LogP contribution in [-0.4, -0.2) is 15.8 Å². The molecule has 1 aromatic carbocycles. The predicted molar refractivity (Wildman–Crippen MR) is 78.5 cm³/mol. The minimum atomic E-state index is 0.686. The third-order valence-corrected chi connectivity index (χ3v) is 3.03. The van der Waals surface area contributed by atoms with Crippen molar-refractivity contribution < 1.29 is 4.42 Å². The Kier molecular flexibility index (Phi) is 3.46. The molecule has 3 rings (SSSR count). The summed E-state index contributed by atoms with van der Waals surface area (Å²) in [5, 5.41) is 0. The first kappa shape index (κ1) is 12.4. The Morgan fingerprint density at radius 1 is 1.20 bits per heavy atom. The summed E-state index contributed by atoms with van der Waals surface area (Å²) >= 11 is 0. The minimum Gasteiger partial charge on any atom is -0.458 e. The van der Waals surface area contributed by atoms with Gasteiger partial charge in [-0.05, 0) is 31.2 Å². The lowest BCUT2D eigenvalue weighted by atomic mass is 10.3. The lowest BCUT2D eigenvalue weighted by molar-refractivity contribution is 0.486. The first-order valence-corrected chi connectivity index (χ1v) is 6.47. The summed E-state index contributed by atoms with van der Waals surface area (Å²) in [6, 6.07) is 13.7. The normalized spacial score (nSPS) is 11.2. The highest BCUT2D eigenvalue weighted by Crippen LogP contribution is 2.12. The zero-order chi connectivity index (χ0) is 13.8. The van der Waals surface area contributed by atoms with E-state index >= 15 is 0 Å². The standard InChI is InChI=1S/C16H15N3O/c1-13-17-9-10-19(13)12-16-8-7-15(20-16)11-18-14-5-3-2-4-6-14/h2-11H,12H2,1H3. The van der Waals surface area contributed by atoms with Crippen LogP contribution in [-0.2, 0) is 6.54 Å². The SMILES string of the molecule is Cc1nccn1Cc1ccc(C=Nc2ccccc2)o1. The van der Waals surface area contributed by atoms with Gasteiger partial charge in [-0.2, -0.15) is 0 Å². The van der Waals surface area contributed by atoms with Gasteiger partial charge in [-0.15, -0.1) is 0 Å². The zero-order valence-electron chi connectivity index (χ0n) is 11.2. The van der Waals surface area contributed by atoms with Crippen LogP contribution in [0.2, 0.25) is 0 Å². The molecule has 0 atom stereocenters. The largest absolute Gasteiger partial charge is 0.458 e. The van der Waals surface area contributed by atoms with Crippen LogP contribution in [0.5, 0.6) is 0 Å². The predicted octanol–water partition coefficient (Wildman–Crippen LogP) is 3.58. The summed E-state index contributed by atoms with van der Waals surface area (Å²) < 4.78 is 7.77. The summed E-state index contributed by atoms with van der Waals surface area (Å²) in [7, 11) is 0.